The first kappa shape index (κ1) is 30.6. The second-order valence-corrected chi connectivity index (χ2v) is 9.90. The third kappa shape index (κ3) is 8.45. The summed E-state index contributed by atoms with van der Waals surface area (Å²) in [5, 5.41) is 24.2. The second kappa shape index (κ2) is 13.2. The van der Waals surface area contributed by atoms with Crippen molar-refractivity contribution in [2.24, 2.45) is 0 Å². The summed E-state index contributed by atoms with van der Waals surface area (Å²) in [5.74, 6) is -2.66. The zero-order chi connectivity index (χ0) is 28.6. The van der Waals surface area contributed by atoms with Crippen LogP contribution in [-0.2, 0) is 28.6 Å². The van der Waals surface area contributed by atoms with E-state index < -0.39 is 47.9 Å². The van der Waals surface area contributed by atoms with E-state index in [0.717, 1.165) is 4.90 Å². The number of aliphatic carboxylic acids is 1. The Balaban J connectivity index is 2.18. The number of carbonyl (C=O) groups is 4. The maximum Gasteiger partial charge on any atom is 0.410 e. The lowest BCUT2D eigenvalue weighted by Gasteiger charge is -2.39. The highest BCUT2D eigenvalue weighted by Gasteiger charge is 2.43. The zero-order valence-electron chi connectivity index (χ0n) is 22.6. The Bertz CT molecular complexity index is 1050. The number of amides is 3. The molecule has 1 aliphatic rings. The van der Waals surface area contributed by atoms with Crippen molar-refractivity contribution in [3.8, 4) is 5.75 Å². The van der Waals surface area contributed by atoms with E-state index in [-0.39, 0.29) is 24.6 Å². The number of carboxylic acid groups (broad SMARTS) is 1. The lowest BCUT2D eigenvalue weighted by atomic mass is 10.0. The molecule has 1 aromatic rings. The number of ether oxygens (including phenoxy) is 3. The first-order valence-corrected chi connectivity index (χ1v) is 12.2. The maximum atomic E-state index is 13.2. The number of rotatable bonds is 12. The number of alkyl carbamates (subject to hydrolysis) is 1. The summed E-state index contributed by atoms with van der Waals surface area (Å²) in [4.78, 5) is 51.5. The number of phenolic OH excluding ortho intramolecular Hbond substituents is 1. The van der Waals surface area contributed by atoms with Crippen LogP contribution in [0.5, 0.6) is 5.75 Å². The van der Waals surface area contributed by atoms with Crippen LogP contribution in [0.15, 0.2) is 35.5 Å². The number of benzene rings is 1. The molecule has 1 aromatic carbocycles. The largest absolute Gasteiger partial charge is 0.508 e. The van der Waals surface area contributed by atoms with Gasteiger partial charge in [-0.1, -0.05) is 25.5 Å². The average molecular weight is 536 g/mol. The maximum absolute atomic E-state index is 13.2. The molecule has 3 atom stereocenters. The highest BCUT2D eigenvalue weighted by molar-refractivity contribution is 6.01. The van der Waals surface area contributed by atoms with Gasteiger partial charge >= 0.3 is 12.1 Å². The summed E-state index contributed by atoms with van der Waals surface area (Å²) in [6, 6.07) is 3.33. The quantitative estimate of drug-likeness (QED) is 0.179. The first-order valence-electron chi connectivity index (χ1n) is 12.2. The van der Waals surface area contributed by atoms with Crippen molar-refractivity contribution in [3.63, 3.8) is 0 Å². The van der Waals surface area contributed by atoms with E-state index >= 15 is 0 Å². The van der Waals surface area contributed by atoms with Gasteiger partial charge in [0, 0.05) is 13.5 Å². The summed E-state index contributed by atoms with van der Waals surface area (Å²) in [6.45, 7) is 8.87. The van der Waals surface area contributed by atoms with Gasteiger partial charge < -0.3 is 40.0 Å². The van der Waals surface area contributed by atoms with Gasteiger partial charge in [0.25, 0.3) is 5.91 Å². The molecule has 1 fully saturated rings. The van der Waals surface area contributed by atoms with Crippen molar-refractivity contribution in [3.05, 3.63) is 41.1 Å². The van der Waals surface area contributed by atoms with Crippen LogP contribution in [0.25, 0.3) is 0 Å². The van der Waals surface area contributed by atoms with E-state index in [1.54, 1.807) is 0 Å². The number of phenols is 1. The van der Waals surface area contributed by atoms with Crippen LogP contribution in [0, 0.1) is 0 Å². The molecule has 1 saturated heterocycles. The topological polar surface area (TPSA) is 164 Å². The molecule has 2 rings (SSSR count). The van der Waals surface area contributed by atoms with Gasteiger partial charge in [-0.05, 0) is 51.0 Å². The van der Waals surface area contributed by atoms with Crippen molar-refractivity contribution < 1.29 is 43.6 Å². The van der Waals surface area contributed by atoms with E-state index in [1.165, 1.54) is 38.3 Å². The van der Waals surface area contributed by atoms with Gasteiger partial charge in [-0.2, -0.15) is 0 Å². The summed E-state index contributed by atoms with van der Waals surface area (Å²) >= 11 is 0. The highest BCUT2D eigenvalue weighted by atomic mass is 16.7. The average Bonchev–Trinajstić information content (AvgIpc) is 2.81. The van der Waals surface area contributed by atoms with Crippen molar-refractivity contribution in [2.45, 2.75) is 71.4 Å². The number of methoxy groups -OCH3 is 1. The smallest absolute Gasteiger partial charge is 0.410 e. The van der Waals surface area contributed by atoms with Gasteiger partial charge in [-0.25, -0.2) is 9.59 Å². The Morgan fingerprint density at radius 3 is 2.32 bits per heavy atom. The molecule has 38 heavy (non-hydrogen) atoms. The van der Waals surface area contributed by atoms with Gasteiger partial charge in [-0.15, -0.1) is 0 Å². The van der Waals surface area contributed by atoms with E-state index in [1.807, 2.05) is 27.7 Å². The van der Waals surface area contributed by atoms with E-state index in [4.69, 9.17) is 14.2 Å². The van der Waals surface area contributed by atoms with Gasteiger partial charge in [0.1, 0.15) is 23.5 Å². The fourth-order valence-electron chi connectivity index (χ4n) is 3.81. The molecule has 0 spiro atoms. The minimum atomic E-state index is -1.29. The Morgan fingerprint density at radius 2 is 1.82 bits per heavy atom. The van der Waals surface area contributed by atoms with E-state index in [2.05, 4.69) is 10.6 Å². The van der Waals surface area contributed by atoms with Gasteiger partial charge in [0.2, 0.25) is 12.2 Å². The van der Waals surface area contributed by atoms with Gasteiger partial charge in [0.05, 0.1) is 18.8 Å². The van der Waals surface area contributed by atoms with Crippen LogP contribution in [0.1, 0.15) is 59.1 Å². The molecule has 0 radical (unpaired) electrons. The fraction of sp³-hybridized carbons (Fsp3) is 0.538. The standard InChI is InChI=1S/C26H37N3O9/c1-7-8-19(38-26(3,4)5)37-25(35)28-20(16-9-11-17(30)12-10-16)22(31)27-18-13-29(23(18)32)21(24(33)34)15(2)14-36-6/h9-12,18-20,30H,7-8,13-14H2,1-6H3,(H,27,31)(H,28,35)(H,33,34)/b21-15-. The van der Waals surface area contributed by atoms with Crippen LogP contribution in [0.3, 0.4) is 0 Å². The third-order valence-corrected chi connectivity index (χ3v) is 5.48. The molecule has 0 bridgehead atoms. The van der Waals surface area contributed by atoms with Gasteiger partial charge in [-0.3, -0.25) is 9.59 Å². The number of carbonyl (C=O) groups excluding carboxylic acids is 3. The summed E-state index contributed by atoms with van der Waals surface area (Å²) in [6.07, 6.45) is -0.627. The highest BCUT2D eigenvalue weighted by Crippen LogP contribution is 2.23. The summed E-state index contributed by atoms with van der Waals surface area (Å²) in [5.41, 5.74) is -0.106. The number of hydrogen-bond acceptors (Lipinski definition) is 8. The molecule has 1 aliphatic heterocycles. The van der Waals surface area contributed by atoms with Crippen LogP contribution in [-0.4, -0.2) is 77.2 Å². The summed E-state index contributed by atoms with van der Waals surface area (Å²) < 4.78 is 16.2. The molecule has 4 N–H and O–H groups in total. The van der Waals surface area contributed by atoms with Crippen molar-refractivity contribution >= 4 is 23.9 Å². The molecule has 3 unspecified atom stereocenters. The van der Waals surface area contributed by atoms with Crippen LogP contribution >= 0.6 is 0 Å². The summed E-state index contributed by atoms with van der Waals surface area (Å²) in [7, 11) is 1.41. The lowest BCUT2D eigenvalue weighted by molar-refractivity contribution is -0.169. The molecule has 210 valence electrons. The van der Waals surface area contributed by atoms with Gasteiger partial charge in [0.15, 0.2) is 0 Å². The molecule has 0 saturated carbocycles. The Labute approximate surface area is 221 Å². The van der Waals surface area contributed by atoms with Crippen molar-refractivity contribution in [2.75, 3.05) is 20.3 Å². The number of aromatic hydroxyl groups is 1. The number of hydrogen-bond donors (Lipinski definition) is 4. The van der Waals surface area contributed by atoms with E-state index in [0.29, 0.717) is 24.0 Å². The second-order valence-electron chi connectivity index (χ2n) is 9.90. The minimum absolute atomic E-state index is 0.0232. The first-order chi connectivity index (χ1) is 17.8. The van der Waals surface area contributed by atoms with E-state index in [9.17, 15) is 29.4 Å². The lowest BCUT2D eigenvalue weighted by Crippen LogP contribution is -2.65. The third-order valence-electron chi connectivity index (χ3n) is 5.48. The van der Waals surface area contributed by atoms with Crippen molar-refractivity contribution in [1.29, 1.82) is 0 Å². The number of nitrogens with zero attached hydrogens (tertiary/aromatic N) is 1. The Hall–Kier alpha value is -3.64. The number of nitrogens with one attached hydrogen (secondary N) is 2. The molecular weight excluding hydrogens is 498 g/mol. The predicted molar refractivity (Wildman–Crippen MR) is 136 cm³/mol. The number of likely N-dealkylation sites (tertiary alicyclic amines) is 1. The molecule has 12 nitrogen and oxygen atoms in total. The SMILES string of the molecule is CCCC(OC(=O)NC(C(=O)NC1CN(/C(C(=O)O)=C(/C)COC)C1=O)c1ccc(O)cc1)OC(C)(C)C. The van der Waals surface area contributed by atoms with Crippen LogP contribution in [0.2, 0.25) is 0 Å². The normalized spacial score (nSPS) is 17.6. The van der Waals surface area contributed by atoms with Crippen LogP contribution < -0.4 is 10.6 Å². The van der Waals surface area contributed by atoms with Crippen LogP contribution in [0.4, 0.5) is 4.79 Å². The fourth-order valence-corrected chi connectivity index (χ4v) is 3.81. The molecule has 1 heterocycles. The number of carboxylic acids is 1. The molecule has 0 aromatic heterocycles. The zero-order valence-corrected chi connectivity index (χ0v) is 22.6. The van der Waals surface area contributed by atoms with Crippen molar-refractivity contribution in [1.82, 2.24) is 15.5 Å². The molecular formula is C26H37N3O9. The minimum Gasteiger partial charge on any atom is -0.508 e. The molecule has 0 aliphatic carbocycles. The predicted octanol–water partition coefficient (Wildman–Crippen LogP) is 2.43. The Morgan fingerprint density at radius 1 is 1.18 bits per heavy atom. The Kier molecular flexibility index (Phi) is 10.7. The monoisotopic (exact) mass is 535 g/mol. The molecule has 12 heteroatoms. The molecule has 3 amide bonds. The number of β-lactam (4-membered cyclic amide) rings is 1.